The fourth-order valence-corrected chi connectivity index (χ4v) is 2.63. The summed E-state index contributed by atoms with van der Waals surface area (Å²) in [5, 5.41) is 12.5. The van der Waals surface area contributed by atoms with Crippen LogP contribution in [0.4, 0.5) is 0 Å². The van der Waals surface area contributed by atoms with Gasteiger partial charge < -0.3 is 4.98 Å². The van der Waals surface area contributed by atoms with E-state index in [9.17, 15) is 0 Å². The molecule has 0 atom stereocenters. The first kappa shape index (κ1) is 13.8. The molecular weight excluding hydrogens is 282 g/mol. The van der Waals surface area contributed by atoms with E-state index in [4.69, 9.17) is 12.2 Å². The van der Waals surface area contributed by atoms with Crippen LogP contribution in [0.25, 0.3) is 10.9 Å². The molecule has 0 aliphatic heterocycles. The summed E-state index contributed by atoms with van der Waals surface area (Å²) in [5.41, 5.74) is 3.53. The Bertz CT molecular complexity index is 852. The molecule has 0 aliphatic rings. The van der Waals surface area contributed by atoms with Crippen LogP contribution in [0.3, 0.4) is 0 Å². The number of para-hydroxylation sites is 1. The minimum atomic E-state index is 0.511. The summed E-state index contributed by atoms with van der Waals surface area (Å²) in [7, 11) is 0. The lowest BCUT2D eigenvalue weighted by molar-refractivity contribution is 0.780. The maximum Gasteiger partial charge on any atom is 0.216 e. The van der Waals surface area contributed by atoms with E-state index in [1.165, 1.54) is 16.5 Å². The first-order valence-corrected chi connectivity index (χ1v) is 7.45. The van der Waals surface area contributed by atoms with E-state index in [1.807, 2.05) is 19.3 Å². The lowest BCUT2D eigenvalue weighted by Crippen LogP contribution is -1.97. The van der Waals surface area contributed by atoms with Crippen molar-refractivity contribution in [1.29, 1.82) is 0 Å². The molecule has 2 N–H and O–H groups in total. The predicted molar refractivity (Wildman–Crippen MR) is 87.5 cm³/mol. The minimum absolute atomic E-state index is 0.511. The Morgan fingerprint density at radius 2 is 2.19 bits per heavy atom. The molecule has 108 valence electrons. The number of nitrogens with one attached hydrogen (secondary N) is 2. The second-order valence-corrected chi connectivity index (χ2v) is 5.18. The number of nitrogens with zero attached hydrogens (tertiary/aromatic N) is 3. The van der Waals surface area contributed by atoms with Crippen molar-refractivity contribution in [2.45, 2.75) is 26.7 Å². The van der Waals surface area contributed by atoms with Crippen LogP contribution >= 0.6 is 12.2 Å². The molecule has 2 heterocycles. The fraction of sp³-hybridized carbons (Fsp3) is 0.267. The summed E-state index contributed by atoms with van der Waals surface area (Å²) in [5.74, 6) is 0.824. The van der Waals surface area contributed by atoms with Crippen LogP contribution in [0, 0.1) is 4.77 Å². The van der Waals surface area contributed by atoms with E-state index < -0.39 is 0 Å². The highest BCUT2D eigenvalue weighted by atomic mass is 32.1. The van der Waals surface area contributed by atoms with Gasteiger partial charge in [-0.2, -0.15) is 14.9 Å². The molecule has 21 heavy (non-hydrogen) atoms. The summed E-state index contributed by atoms with van der Waals surface area (Å²) in [6.45, 7) is 4.18. The lowest BCUT2D eigenvalue weighted by Gasteiger charge is -1.99. The molecule has 0 bridgehead atoms. The second-order valence-electron chi connectivity index (χ2n) is 4.79. The zero-order valence-corrected chi connectivity index (χ0v) is 12.9. The van der Waals surface area contributed by atoms with Crippen LogP contribution in [-0.2, 0) is 12.8 Å². The average Bonchev–Trinajstić information content (AvgIpc) is 3.08. The van der Waals surface area contributed by atoms with Gasteiger partial charge >= 0.3 is 0 Å². The van der Waals surface area contributed by atoms with Crippen molar-refractivity contribution in [3.63, 3.8) is 0 Å². The number of hydrogen-bond donors (Lipinski definition) is 2. The smallest absolute Gasteiger partial charge is 0.216 e. The SMILES string of the molecule is CCc1cccc2c(/C=N/n3c(CC)n[nH]c3=S)c[nH]c12. The van der Waals surface area contributed by atoms with Crippen molar-refractivity contribution in [1.82, 2.24) is 19.9 Å². The predicted octanol–water partition coefficient (Wildman–Crippen LogP) is 3.43. The Kier molecular flexibility index (Phi) is 3.70. The number of fused-ring (bicyclic) bond motifs is 1. The summed E-state index contributed by atoms with van der Waals surface area (Å²) in [4.78, 5) is 3.33. The topological polar surface area (TPSA) is 61.8 Å². The van der Waals surface area contributed by atoms with E-state index in [1.54, 1.807) is 4.68 Å². The molecule has 0 saturated carbocycles. The van der Waals surface area contributed by atoms with Crippen molar-refractivity contribution >= 4 is 29.3 Å². The largest absolute Gasteiger partial charge is 0.360 e. The molecule has 1 aromatic carbocycles. The molecular formula is C15H17N5S. The molecule has 3 aromatic rings. The van der Waals surface area contributed by atoms with Gasteiger partial charge in [-0.25, -0.2) is 0 Å². The van der Waals surface area contributed by atoms with Crippen LogP contribution < -0.4 is 0 Å². The molecule has 0 amide bonds. The molecule has 6 heteroatoms. The lowest BCUT2D eigenvalue weighted by atomic mass is 10.1. The van der Waals surface area contributed by atoms with E-state index in [2.05, 4.69) is 45.4 Å². The van der Waals surface area contributed by atoms with Crippen LogP contribution in [0.5, 0.6) is 0 Å². The Hall–Kier alpha value is -2.21. The highest BCUT2D eigenvalue weighted by Gasteiger charge is 2.06. The zero-order chi connectivity index (χ0) is 14.8. The van der Waals surface area contributed by atoms with Crippen molar-refractivity contribution < 1.29 is 0 Å². The van der Waals surface area contributed by atoms with Gasteiger partial charge in [0.2, 0.25) is 4.77 Å². The number of aryl methyl sites for hydroxylation is 2. The number of H-pyrrole nitrogens is 2. The van der Waals surface area contributed by atoms with Gasteiger partial charge in [-0.1, -0.05) is 32.0 Å². The van der Waals surface area contributed by atoms with Crippen molar-refractivity contribution in [3.8, 4) is 0 Å². The van der Waals surface area contributed by atoms with E-state index >= 15 is 0 Å². The Morgan fingerprint density at radius 1 is 1.33 bits per heavy atom. The summed E-state index contributed by atoms with van der Waals surface area (Å²) >= 11 is 5.19. The van der Waals surface area contributed by atoms with E-state index in [0.717, 1.165) is 24.2 Å². The van der Waals surface area contributed by atoms with E-state index in [-0.39, 0.29) is 0 Å². The standard InChI is InChI=1S/C15H17N5S/c1-3-10-6-5-7-12-11(8-16-14(10)12)9-17-20-13(4-2)18-19-15(20)21/h5-9,16H,3-4H2,1-2H3,(H,19,21)/b17-9+. The Balaban J connectivity index is 2.04. The molecule has 0 unspecified atom stereocenters. The Morgan fingerprint density at radius 3 is 2.95 bits per heavy atom. The highest BCUT2D eigenvalue weighted by Crippen LogP contribution is 2.21. The maximum atomic E-state index is 5.19. The van der Waals surface area contributed by atoms with Gasteiger partial charge in [0.1, 0.15) is 0 Å². The molecule has 0 radical (unpaired) electrons. The number of hydrogen-bond acceptors (Lipinski definition) is 3. The quantitative estimate of drug-likeness (QED) is 0.572. The third-order valence-electron chi connectivity index (χ3n) is 3.56. The monoisotopic (exact) mass is 299 g/mol. The van der Waals surface area contributed by atoms with Gasteiger partial charge in [0.25, 0.3) is 0 Å². The van der Waals surface area contributed by atoms with E-state index in [0.29, 0.717) is 4.77 Å². The van der Waals surface area contributed by atoms with Crippen molar-refractivity contribution in [3.05, 3.63) is 46.1 Å². The molecule has 0 saturated heterocycles. The molecule has 0 aliphatic carbocycles. The summed E-state index contributed by atoms with van der Waals surface area (Å²) in [6, 6.07) is 6.32. The average molecular weight is 299 g/mol. The van der Waals surface area contributed by atoms with Crippen molar-refractivity contribution in [2.24, 2.45) is 5.10 Å². The van der Waals surface area contributed by atoms with Gasteiger partial charge in [0, 0.05) is 29.1 Å². The van der Waals surface area contributed by atoms with Crippen molar-refractivity contribution in [2.75, 3.05) is 0 Å². The molecule has 0 spiro atoms. The minimum Gasteiger partial charge on any atom is -0.360 e. The normalized spacial score (nSPS) is 11.7. The van der Waals surface area contributed by atoms with Gasteiger partial charge in [-0.15, -0.1) is 0 Å². The number of aromatic nitrogens is 4. The van der Waals surface area contributed by atoms with Crippen LogP contribution in [0.1, 0.15) is 30.8 Å². The van der Waals surface area contributed by atoms with Crippen LogP contribution in [0.15, 0.2) is 29.5 Å². The first-order valence-electron chi connectivity index (χ1n) is 7.04. The summed E-state index contributed by atoms with van der Waals surface area (Å²) in [6.07, 6.45) is 5.57. The first-order chi connectivity index (χ1) is 10.2. The second kappa shape index (κ2) is 5.65. The zero-order valence-electron chi connectivity index (χ0n) is 12.1. The highest BCUT2D eigenvalue weighted by molar-refractivity contribution is 7.71. The number of aromatic amines is 2. The number of rotatable bonds is 4. The van der Waals surface area contributed by atoms with Gasteiger partial charge in [0.05, 0.1) is 6.21 Å². The Labute approximate surface area is 127 Å². The molecule has 3 rings (SSSR count). The number of benzene rings is 1. The van der Waals surface area contributed by atoms with Crippen LogP contribution in [0.2, 0.25) is 0 Å². The van der Waals surface area contributed by atoms with Crippen LogP contribution in [-0.4, -0.2) is 26.1 Å². The third kappa shape index (κ3) is 2.42. The summed E-state index contributed by atoms with van der Waals surface area (Å²) < 4.78 is 2.18. The molecule has 0 fully saturated rings. The maximum absolute atomic E-state index is 5.19. The molecule has 2 aromatic heterocycles. The van der Waals surface area contributed by atoms with Gasteiger partial charge in [-0.05, 0) is 24.2 Å². The van der Waals surface area contributed by atoms with Gasteiger partial charge in [0.15, 0.2) is 5.82 Å². The molecule has 5 nitrogen and oxygen atoms in total. The van der Waals surface area contributed by atoms with Gasteiger partial charge in [-0.3, -0.25) is 5.10 Å². The fourth-order valence-electron chi connectivity index (χ4n) is 2.43. The third-order valence-corrected chi connectivity index (χ3v) is 3.82.